The Bertz CT molecular complexity index is 893. The van der Waals surface area contributed by atoms with Crippen molar-refractivity contribution >= 4 is 11.9 Å². The van der Waals surface area contributed by atoms with E-state index < -0.39 is 0 Å². The van der Waals surface area contributed by atoms with E-state index in [4.69, 9.17) is 14.2 Å². The number of hydrogen-bond donors (Lipinski definition) is 0. The molecule has 0 unspecified atom stereocenters. The second kappa shape index (κ2) is 6.90. The van der Waals surface area contributed by atoms with E-state index in [9.17, 15) is 9.18 Å². The zero-order valence-corrected chi connectivity index (χ0v) is 14.3. The largest absolute Gasteiger partial charge is 0.478 e. The lowest BCUT2D eigenvalue weighted by Gasteiger charge is -2.29. The lowest BCUT2D eigenvalue weighted by atomic mass is 10.0. The third-order valence-electron chi connectivity index (χ3n) is 4.44. The Labute approximate surface area is 150 Å². The molecule has 0 saturated carbocycles. The molecule has 2 aromatic rings. The van der Waals surface area contributed by atoms with Crippen LogP contribution in [0.2, 0.25) is 0 Å². The number of allylic oxidation sites excluding steroid dienone is 1. The summed E-state index contributed by atoms with van der Waals surface area (Å²) in [5.74, 6) is 0.866. The fourth-order valence-corrected chi connectivity index (χ4v) is 3.12. The third kappa shape index (κ3) is 3.09. The average Bonchev–Trinajstić information content (AvgIpc) is 2.96. The van der Waals surface area contributed by atoms with Crippen molar-refractivity contribution in [2.24, 2.45) is 0 Å². The van der Waals surface area contributed by atoms with Gasteiger partial charge in [0.25, 0.3) is 0 Å². The van der Waals surface area contributed by atoms with Crippen molar-refractivity contribution in [3.05, 3.63) is 64.7 Å². The first kappa shape index (κ1) is 16.8. The van der Waals surface area contributed by atoms with Gasteiger partial charge in [0.15, 0.2) is 5.76 Å². The number of nitrogens with zero attached hydrogens (tertiary/aromatic N) is 1. The molecule has 26 heavy (non-hydrogen) atoms. The Hall–Kier alpha value is -2.70. The summed E-state index contributed by atoms with van der Waals surface area (Å²) in [6.45, 7) is 2.40. The quantitative estimate of drug-likeness (QED) is 0.788. The van der Waals surface area contributed by atoms with Crippen LogP contribution in [0.3, 0.4) is 0 Å². The van der Waals surface area contributed by atoms with Crippen LogP contribution in [-0.4, -0.2) is 37.7 Å². The molecule has 0 aromatic heterocycles. The standard InChI is InChI=1S/C20H18FNO4/c1-24-8-7-22-11-16-17(25-12-22)6-5-15-19(23)18(26-20(15)16)10-13-3-2-4-14(21)9-13/h2-6,9-10H,7-8,11-12H2,1H3/b18-10-. The summed E-state index contributed by atoms with van der Waals surface area (Å²) in [5, 5.41) is 0. The number of carbonyl (C=O) groups is 1. The van der Waals surface area contributed by atoms with Crippen LogP contribution in [-0.2, 0) is 11.3 Å². The molecular weight excluding hydrogens is 337 g/mol. The van der Waals surface area contributed by atoms with Crippen LogP contribution in [0.1, 0.15) is 21.5 Å². The van der Waals surface area contributed by atoms with Gasteiger partial charge in [0.1, 0.15) is 24.0 Å². The molecule has 0 spiro atoms. The highest BCUT2D eigenvalue weighted by molar-refractivity contribution is 6.15. The molecule has 2 aromatic carbocycles. The monoisotopic (exact) mass is 355 g/mol. The maximum absolute atomic E-state index is 13.4. The number of rotatable bonds is 4. The molecule has 0 saturated heterocycles. The molecule has 0 N–H and O–H groups in total. The van der Waals surface area contributed by atoms with Crippen LogP contribution >= 0.6 is 0 Å². The first-order valence-corrected chi connectivity index (χ1v) is 8.35. The van der Waals surface area contributed by atoms with Gasteiger partial charge in [-0.05, 0) is 35.9 Å². The predicted molar refractivity (Wildman–Crippen MR) is 93.6 cm³/mol. The highest BCUT2D eigenvalue weighted by Crippen LogP contribution is 2.41. The number of halogens is 1. The maximum Gasteiger partial charge on any atom is 0.231 e. The lowest BCUT2D eigenvalue weighted by Crippen LogP contribution is -2.34. The number of hydrogen-bond acceptors (Lipinski definition) is 5. The van der Waals surface area contributed by atoms with Crippen molar-refractivity contribution in [3.63, 3.8) is 0 Å². The molecule has 2 aliphatic rings. The van der Waals surface area contributed by atoms with Crippen molar-refractivity contribution in [1.82, 2.24) is 4.90 Å². The molecule has 0 amide bonds. The van der Waals surface area contributed by atoms with E-state index in [0.717, 1.165) is 17.9 Å². The van der Waals surface area contributed by atoms with Gasteiger partial charge >= 0.3 is 0 Å². The molecule has 5 nitrogen and oxygen atoms in total. The Balaban J connectivity index is 1.65. The summed E-state index contributed by atoms with van der Waals surface area (Å²) in [5.41, 5.74) is 1.93. The van der Waals surface area contributed by atoms with Gasteiger partial charge in [-0.3, -0.25) is 9.69 Å². The number of ether oxygens (including phenoxy) is 3. The molecule has 0 fully saturated rings. The van der Waals surface area contributed by atoms with Gasteiger partial charge < -0.3 is 14.2 Å². The summed E-state index contributed by atoms with van der Waals surface area (Å²) < 4.78 is 30.1. The second-order valence-electron chi connectivity index (χ2n) is 6.23. The van der Waals surface area contributed by atoms with E-state index in [-0.39, 0.29) is 17.4 Å². The Morgan fingerprint density at radius 2 is 2.19 bits per heavy atom. The zero-order valence-electron chi connectivity index (χ0n) is 14.3. The number of benzene rings is 2. The number of carbonyl (C=O) groups excluding carboxylic acids is 1. The van der Waals surface area contributed by atoms with E-state index in [0.29, 0.717) is 36.8 Å². The zero-order chi connectivity index (χ0) is 18.1. The molecule has 0 radical (unpaired) electrons. The van der Waals surface area contributed by atoms with Gasteiger partial charge in [0.05, 0.1) is 17.7 Å². The summed E-state index contributed by atoms with van der Waals surface area (Å²) in [4.78, 5) is 14.7. The van der Waals surface area contributed by atoms with Crippen molar-refractivity contribution in [2.75, 3.05) is 27.0 Å². The Morgan fingerprint density at radius 1 is 1.31 bits per heavy atom. The molecule has 134 valence electrons. The van der Waals surface area contributed by atoms with E-state index in [2.05, 4.69) is 4.90 Å². The van der Waals surface area contributed by atoms with Crippen molar-refractivity contribution in [2.45, 2.75) is 6.54 Å². The van der Waals surface area contributed by atoms with Crippen LogP contribution in [0.5, 0.6) is 11.5 Å². The van der Waals surface area contributed by atoms with E-state index in [1.54, 1.807) is 37.5 Å². The normalized spacial score (nSPS) is 17.6. The van der Waals surface area contributed by atoms with Crippen LogP contribution in [0.25, 0.3) is 6.08 Å². The van der Waals surface area contributed by atoms with Gasteiger partial charge in [-0.1, -0.05) is 12.1 Å². The highest BCUT2D eigenvalue weighted by atomic mass is 19.1. The fraction of sp³-hybridized carbons (Fsp3) is 0.250. The SMILES string of the molecule is COCCN1COc2ccc3c(c2C1)O/C(=C\c1cccc(F)c1)C3=O. The summed E-state index contributed by atoms with van der Waals surface area (Å²) >= 11 is 0. The predicted octanol–water partition coefficient (Wildman–Crippen LogP) is 3.24. The smallest absolute Gasteiger partial charge is 0.231 e. The number of Topliss-reactive ketones (excluding diaryl/α,β-unsaturated/α-hetero) is 1. The molecule has 2 aliphatic heterocycles. The molecule has 4 rings (SSSR count). The van der Waals surface area contributed by atoms with Gasteiger partial charge in [-0.15, -0.1) is 0 Å². The molecule has 0 bridgehead atoms. The van der Waals surface area contributed by atoms with Crippen molar-refractivity contribution in [3.8, 4) is 11.5 Å². The molecule has 0 aliphatic carbocycles. The molecule has 0 atom stereocenters. The summed E-state index contributed by atoms with van der Waals surface area (Å²) in [6, 6.07) is 9.55. The summed E-state index contributed by atoms with van der Waals surface area (Å²) in [7, 11) is 1.65. The average molecular weight is 355 g/mol. The number of ketones is 1. The Kier molecular flexibility index (Phi) is 4.44. The van der Waals surface area contributed by atoms with E-state index >= 15 is 0 Å². The number of methoxy groups -OCH3 is 1. The van der Waals surface area contributed by atoms with Gasteiger partial charge in [-0.2, -0.15) is 0 Å². The van der Waals surface area contributed by atoms with Crippen molar-refractivity contribution < 1.29 is 23.4 Å². The van der Waals surface area contributed by atoms with E-state index in [1.165, 1.54) is 12.1 Å². The van der Waals surface area contributed by atoms with Crippen LogP contribution < -0.4 is 9.47 Å². The molecule has 2 heterocycles. The molecule has 6 heteroatoms. The minimum absolute atomic E-state index is 0.188. The fourth-order valence-electron chi connectivity index (χ4n) is 3.12. The van der Waals surface area contributed by atoms with Crippen LogP contribution in [0.15, 0.2) is 42.2 Å². The van der Waals surface area contributed by atoms with Crippen LogP contribution in [0.4, 0.5) is 4.39 Å². The first-order valence-electron chi connectivity index (χ1n) is 8.35. The minimum atomic E-state index is -0.359. The van der Waals surface area contributed by atoms with Crippen LogP contribution in [0, 0.1) is 5.82 Å². The summed E-state index contributed by atoms with van der Waals surface area (Å²) in [6.07, 6.45) is 1.56. The minimum Gasteiger partial charge on any atom is -0.478 e. The molecular formula is C20H18FNO4. The maximum atomic E-state index is 13.4. The van der Waals surface area contributed by atoms with Crippen molar-refractivity contribution in [1.29, 1.82) is 0 Å². The van der Waals surface area contributed by atoms with Gasteiger partial charge in [0.2, 0.25) is 5.78 Å². The van der Waals surface area contributed by atoms with Gasteiger partial charge in [0, 0.05) is 20.2 Å². The second-order valence-corrected chi connectivity index (χ2v) is 6.23. The third-order valence-corrected chi connectivity index (χ3v) is 4.44. The topological polar surface area (TPSA) is 48.0 Å². The lowest BCUT2D eigenvalue weighted by molar-refractivity contribution is 0.0646. The van der Waals surface area contributed by atoms with Gasteiger partial charge in [-0.25, -0.2) is 4.39 Å². The highest BCUT2D eigenvalue weighted by Gasteiger charge is 2.33. The van der Waals surface area contributed by atoms with E-state index in [1.807, 2.05) is 0 Å². The number of fused-ring (bicyclic) bond motifs is 3. The first-order chi connectivity index (χ1) is 12.7. The Morgan fingerprint density at radius 3 is 3.00 bits per heavy atom.